The lowest BCUT2D eigenvalue weighted by Gasteiger charge is -2.39. The van der Waals surface area contributed by atoms with Crippen LogP contribution in [0, 0.1) is 19.3 Å². The summed E-state index contributed by atoms with van der Waals surface area (Å²) in [7, 11) is 0. The summed E-state index contributed by atoms with van der Waals surface area (Å²) in [4.78, 5) is 22.8. The molecule has 1 aliphatic carbocycles. The molecule has 2 heterocycles. The minimum absolute atomic E-state index is 0.000840. The lowest BCUT2D eigenvalue weighted by Crippen LogP contribution is -2.43. The van der Waals surface area contributed by atoms with Crippen LogP contribution in [0.1, 0.15) is 43.5 Å². The van der Waals surface area contributed by atoms with Gasteiger partial charge in [0.1, 0.15) is 0 Å². The molecule has 1 saturated heterocycles. The molecule has 0 N–H and O–H groups in total. The van der Waals surface area contributed by atoms with Crippen molar-refractivity contribution in [2.45, 2.75) is 57.0 Å². The van der Waals surface area contributed by atoms with Gasteiger partial charge < -0.3 is 4.90 Å². The minimum atomic E-state index is -2.51. The molecule has 1 saturated carbocycles. The van der Waals surface area contributed by atoms with E-state index in [9.17, 15) is 13.6 Å². The molecule has 1 amide bonds. The second-order valence-electron chi connectivity index (χ2n) is 7.14. The number of thioether (sulfide) groups is 1. The number of halogens is 2. The van der Waals surface area contributed by atoms with E-state index in [4.69, 9.17) is 0 Å². The van der Waals surface area contributed by atoms with Crippen LogP contribution in [0.3, 0.4) is 0 Å². The fourth-order valence-corrected chi connectivity index (χ4v) is 4.66. The second-order valence-corrected chi connectivity index (χ2v) is 8.08. The highest BCUT2D eigenvalue weighted by atomic mass is 32.2. The Kier molecular flexibility index (Phi) is 4.82. The van der Waals surface area contributed by atoms with E-state index in [0.29, 0.717) is 43.3 Å². The normalized spacial score (nSPS) is 22.1. The third kappa shape index (κ3) is 4.05. The molecule has 0 atom stereocenters. The molecule has 3 rings (SSSR count). The molecular formula is C17H23F2N3OS. The average Bonchev–Trinajstić information content (AvgIpc) is 2.79. The number of rotatable bonds is 3. The first-order chi connectivity index (χ1) is 11.3. The van der Waals surface area contributed by atoms with Gasteiger partial charge in [-0.25, -0.2) is 18.7 Å². The Morgan fingerprint density at radius 2 is 1.79 bits per heavy atom. The Balaban J connectivity index is 1.50. The minimum Gasteiger partial charge on any atom is -0.342 e. The molecule has 0 aromatic carbocycles. The summed E-state index contributed by atoms with van der Waals surface area (Å²) in [5.74, 6) is -2.17. The highest BCUT2D eigenvalue weighted by Crippen LogP contribution is 2.52. The van der Waals surface area contributed by atoms with Crippen LogP contribution >= 0.6 is 11.8 Å². The zero-order valence-corrected chi connectivity index (χ0v) is 15.0. The van der Waals surface area contributed by atoms with Gasteiger partial charge in [-0.2, -0.15) is 0 Å². The molecule has 1 aromatic heterocycles. The van der Waals surface area contributed by atoms with Gasteiger partial charge in [0.05, 0.1) is 5.75 Å². The smallest absolute Gasteiger partial charge is 0.248 e. The first kappa shape index (κ1) is 17.6. The molecule has 0 radical (unpaired) electrons. The zero-order chi connectivity index (χ0) is 17.4. The average molecular weight is 355 g/mol. The molecule has 0 bridgehead atoms. The van der Waals surface area contributed by atoms with Crippen molar-refractivity contribution < 1.29 is 13.6 Å². The fraction of sp³-hybridized carbons (Fsp3) is 0.706. The van der Waals surface area contributed by atoms with Gasteiger partial charge in [-0.15, -0.1) is 0 Å². The van der Waals surface area contributed by atoms with Crippen molar-refractivity contribution >= 4 is 17.7 Å². The molecule has 7 heteroatoms. The Morgan fingerprint density at radius 3 is 2.33 bits per heavy atom. The van der Waals surface area contributed by atoms with Gasteiger partial charge in [0.25, 0.3) is 0 Å². The van der Waals surface area contributed by atoms with Gasteiger partial charge in [-0.3, -0.25) is 4.79 Å². The van der Waals surface area contributed by atoms with E-state index in [1.54, 1.807) is 4.90 Å². The molecule has 2 fully saturated rings. The monoisotopic (exact) mass is 355 g/mol. The zero-order valence-electron chi connectivity index (χ0n) is 14.1. The maximum Gasteiger partial charge on any atom is 0.248 e. The van der Waals surface area contributed by atoms with Crippen molar-refractivity contribution in [3.05, 3.63) is 17.5 Å². The topological polar surface area (TPSA) is 46.1 Å². The van der Waals surface area contributed by atoms with Gasteiger partial charge >= 0.3 is 0 Å². The summed E-state index contributed by atoms with van der Waals surface area (Å²) >= 11 is 1.34. The number of carbonyl (C=O) groups is 1. The van der Waals surface area contributed by atoms with Crippen molar-refractivity contribution in [3.63, 3.8) is 0 Å². The largest absolute Gasteiger partial charge is 0.342 e. The number of piperidine rings is 1. The quantitative estimate of drug-likeness (QED) is 0.614. The Morgan fingerprint density at radius 1 is 1.17 bits per heavy atom. The van der Waals surface area contributed by atoms with E-state index in [1.165, 1.54) is 11.8 Å². The number of alkyl halides is 2. The van der Waals surface area contributed by atoms with Gasteiger partial charge in [-0.1, -0.05) is 11.8 Å². The van der Waals surface area contributed by atoms with Crippen LogP contribution in [0.2, 0.25) is 0 Å². The van der Waals surface area contributed by atoms with Crippen LogP contribution in [0.15, 0.2) is 11.2 Å². The molecule has 0 unspecified atom stereocenters. The van der Waals surface area contributed by atoms with Gasteiger partial charge in [0, 0.05) is 37.3 Å². The summed E-state index contributed by atoms with van der Waals surface area (Å²) in [6, 6.07) is 1.90. The van der Waals surface area contributed by atoms with Crippen LogP contribution in [0.4, 0.5) is 8.78 Å². The number of nitrogens with zero attached hydrogens (tertiary/aromatic N) is 3. The lowest BCUT2D eigenvalue weighted by molar-refractivity contribution is -0.130. The van der Waals surface area contributed by atoms with E-state index in [1.807, 2.05) is 19.9 Å². The number of carbonyl (C=O) groups excluding carboxylic acids is 1. The van der Waals surface area contributed by atoms with E-state index in [2.05, 4.69) is 9.97 Å². The summed E-state index contributed by atoms with van der Waals surface area (Å²) in [6.45, 7) is 4.98. The maximum atomic E-state index is 13.5. The van der Waals surface area contributed by atoms with Crippen molar-refractivity contribution in [1.29, 1.82) is 0 Å². The molecule has 24 heavy (non-hydrogen) atoms. The first-order valence-electron chi connectivity index (χ1n) is 8.38. The summed E-state index contributed by atoms with van der Waals surface area (Å²) in [5.41, 5.74) is 1.53. The summed E-state index contributed by atoms with van der Waals surface area (Å²) in [5, 5.41) is 0.616. The van der Waals surface area contributed by atoms with E-state index < -0.39 is 5.92 Å². The number of aromatic nitrogens is 2. The van der Waals surface area contributed by atoms with Crippen molar-refractivity contribution in [2.24, 2.45) is 5.41 Å². The van der Waals surface area contributed by atoms with Gasteiger partial charge in [-0.05, 0) is 44.6 Å². The SMILES string of the molecule is Cc1cc(C)nc(SCC(=O)N2CCC3(CC2)CCC(F)(F)C3)n1. The predicted molar refractivity (Wildman–Crippen MR) is 89.3 cm³/mol. The molecule has 1 aliphatic heterocycles. The van der Waals surface area contributed by atoms with E-state index in [0.717, 1.165) is 11.4 Å². The Bertz CT molecular complexity index is 610. The number of aryl methyl sites for hydroxylation is 2. The van der Waals surface area contributed by atoms with Crippen LogP contribution in [-0.4, -0.2) is 45.5 Å². The molecule has 4 nitrogen and oxygen atoms in total. The van der Waals surface area contributed by atoms with Crippen LogP contribution in [-0.2, 0) is 4.79 Å². The third-order valence-electron chi connectivity index (χ3n) is 5.12. The highest BCUT2D eigenvalue weighted by molar-refractivity contribution is 7.99. The predicted octanol–water partition coefficient (Wildman–Crippen LogP) is 3.61. The maximum absolute atomic E-state index is 13.5. The van der Waals surface area contributed by atoms with Crippen molar-refractivity contribution in [3.8, 4) is 0 Å². The standard InChI is InChI=1S/C17H23F2N3OS/c1-12-9-13(2)21-15(20-12)24-10-14(23)22-7-5-16(6-8-22)3-4-17(18,19)11-16/h9H,3-8,10-11H2,1-2H3. The molecule has 2 aliphatic rings. The molecule has 1 spiro atoms. The number of likely N-dealkylation sites (tertiary alicyclic amines) is 1. The number of amides is 1. The number of hydrogen-bond acceptors (Lipinski definition) is 4. The first-order valence-corrected chi connectivity index (χ1v) is 9.36. The lowest BCUT2D eigenvalue weighted by atomic mass is 9.77. The van der Waals surface area contributed by atoms with Gasteiger partial charge in [0.2, 0.25) is 11.8 Å². The summed E-state index contributed by atoms with van der Waals surface area (Å²) < 4.78 is 27.0. The Hall–Kier alpha value is -1.24. The van der Waals surface area contributed by atoms with E-state index in [-0.39, 0.29) is 24.2 Å². The second kappa shape index (κ2) is 6.58. The van der Waals surface area contributed by atoms with Crippen LogP contribution in [0.5, 0.6) is 0 Å². The van der Waals surface area contributed by atoms with Crippen molar-refractivity contribution in [2.75, 3.05) is 18.8 Å². The highest BCUT2D eigenvalue weighted by Gasteiger charge is 2.50. The molecular weight excluding hydrogens is 332 g/mol. The van der Waals surface area contributed by atoms with Crippen LogP contribution in [0.25, 0.3) is 0 Å². The number of hydrogen-bond donors (Lipinski definition) is 0. The molecule has 1 aromatic rings. The summed E-state index contributed by atoms with van der Waals surface area (Å²) in [6.07, 6.45) is 1.97. The third-order valence-corrected chi connectivity index (χ3v) is 5.95. The van der Waals surface area contributed by atoms with Gasteiger partial charge in [0.15, 0.2) is 5.16 Å². The van der Waals surface area contributed by atoms with Crippen LogP contribution < -0.4 is 0 Å². The van der Waals surface area contributed by atoms with Crippen molar-refractivity contribution in [1.82, 2.24) is 14.9 Å². The fourth-order valence-electron chi connectivity index (χ4n) is 3.81. The van der Waals surface area contributed by atoms with E-state index >= 15 is 0 Å². The molecule has 132 valence electrons. The Labute approximate surface area is 145 Å².